The molecule has 28 heavy (non-hydrogen) atoms. The van der Waals surface area contributed by atoms with E-state index in [9.17, 15) is 14.9 Å². The van der Waals surface area contributed by atoms with Crippen LogP contribution in [-0.2, 0) is 22.6 Å². The van der Waals surface area contributed by atoms with Gasteiger partial charge in [0, 0.05) is 43.7 Å². The number of benzene rings is 1. The number of nitro benzene ring substituents is 1. The van der Waals surface area contributed by atoms with E-state index in [1.807, 2.05) is 5.38 Å². The van der Waals surface area contributed by atoms with Crippen LogP contribution >= 0.6 is 11.3 Å². The summed E-state index contributed by atoms with van der Waals surface area (Å²) in [6.07, 6.45) is 3.11. The number of nitro groups is 1. The van der Waals surface area contributed by atoms with Crippen LogP contribution in [0.4, 0.5) is 5.69 Å². The van der Waals surface area contributed by atoms with Crippen LogP contribution in [0.2, 0.25) is 0 Å². The molecular weight excluding hydrogens is 380 g/mol. The summed E-state index contributed by atoms with van der Waals surface area (Å²) in [5, 5.41) is 13.7. The van der Waals surface area contributed by atoms with Gasteiger partial charge < -0.3 is 9.64 Å². The van der Waals surface area contributed by atoms with Gasteiger partial charge >= 0.3 is 0 Å². The highest BCUT2D eigenvalue weighted by molar-refractivity contribution is 7.09. The average molecular weight is 402 g/mol. The van der Waals surface area contributed by atoms with Crippen LogP contribution in [0.25, 0.3) is 6.08 Å². The minimum Gasteiger partial charge on any atom is -0.379 e. The maximum atomic E-state index is 12.3. The van der Waals surface area contributed by atoms with Gasteiger partial charge in [0.2, 0.25) is 5.91 Å². The molecule has 1 amide bonds. The molecule has 0 bridgehead atoms. The Labute approximate surface area is 167 Å². The molecule has 0 saturated carbocycles. The first-order valence-corrected chi connectivity index (χ1v) is 9.80. The lowest BCUT2D eigenvalue weighted by molar-refractivity contribution is -0.384. The zero-order valence-electron chi connectivity index (χ0n) is 15.6. The van der Waals surface area contributed by atoms with Crippen molar-refractivity contribution in [2.45, 2.75) is 13.1 Å². The molecule has 1 saturated heterocycles. The van der Waals surface area contributed by atoms with Gasteiger partial charge in [0.05, 0.1) is 36.9 Å². The SMILES string of the molecule is CN(Cc1csc(CN2CCOCC2)n1)C(=O)/C=C/c1ccc([N+](=O)[O-])cc1. The molecule has 9 heteroatoms. The number of ether oxygens (including phenoxy) is 1. The van der Waals surface area contributed by atoms with Crippen molar-refractivity contribution in [1.82, 2.24) is 14.8 Å². The molecule has 0 N–H and O–H groups in total. The maximum Gasteiger partial charge on any atom is 0.269 e. The molecule has 1 aliphatic rings. The Morgan fingerprint density at radius 3 is 2.75 bits per heavy atom. The van der Waals surface area contributed by atoms with E-state index in [4.69, 9.17) is 4.74 Å². The molecular formula is C19H22N4O4S. The number of rotatable bonds is 7. The van der Waals surface area contributed by atoms with Crippen molar-refractivity contribution in [3.05, 3.63) is 62.1 Å². The Morgan fingerprint density at radius 2 is 2.07 bits per heavy atom. The smallest absolute Gasteiger partial charge is 0.269 e. The van der Waals surface area contributed by atoms with Crippen LogP contribution in [0, 0.1) is 10.1 Å². The van der Waals surface area contributed by atoms with Crippen LogP contribution in [0.1, 0.15) is 16.3 Å². The van der Waals surface area contributed by atoms with Crippen molar-refractivity contribution >= 4 is 29.0 Å². The van der Waals surface area contributed by atoms with E-state index in [0.29, 0.717) is 6.54 Å². The zero-order valence-corrected chi connectivity index (χ0v) is 16.4. The van der Waals surface area contributed by atoms with E-state index in [1.165, 1.54) is 18.2 Å². The van der Waals surface area contributed by atoms with Gasteiger partial charge in [0.15, 0.2) is 0 Å². The first-order valence-electron chi connectivity index (χ1n) is 8.92. The predicted molar refractivity (Wildman–Crippen MR) is 107 cm³/mol. The Kier molecular flexibility index (Phi) is 6.85. The fourth-order valence-electron chi connectivity index (χ4n) is 2.77. The molecule has 2 aromatic rings. The third-order valence-electron chi connectivity index (χ3n) is 4.36. The fraction of sp³-hybridized carbons (Fsp3) is 0.368. The molecule has 1 aromatic carbocycles. The summed E-state index contributed by atoms with van der Waals surface area (Å²) in [5.41, 5.74) is 1.62. The monoisotopic (exact) mass is 402 g/mol. The summed E-state index contributed by atoms with van der Waals surface area (Å²) < 4.78 is 5.35. The maximum absolute atomic E-state index is 12.3. The van der Waals surface area contributed by atoms with Gasteiger partial charge in [-0.2, -0.15) is 0 Å². The summed E-state index contributed by atoms with van der Waals surface area (Å²) in [6.45, 7) is 4.60. The summed E-state index contributed by atoms with van der Waals surface area (Å²) in [4.78, 5) is 31.1. The Bertz CT molecular complexity index is 844. The lowest BCUT2D eigenvalue weighted by Gasteiger charge is -2.25. The second-order valence-electron chi connectivity index (χ2n) is 6.50. The number of hydrogen-bond donors (Lipinski definition) is 0. The number of carbonyl (C=O) groups is 1. The first-order chi connectivity index (χ1) is 13.5. The molecule has 2 heterocycles. The van der Waals surface area contributed by atoms with Crippen molar-refractivity contribution in [1.29, 1.82) is 0 Å². The minimum absolute atomic E-state index is 0.0250. The van der Waals surface area contributed by atoms with Crippen LogP contribution in [0.3, 0.4) is 0 Å². The van der Waals surface area contributed by atoms with E-state index >= 15 is 0 Å². The summed E-state index contributed by atoms with van der Waals surface area (Å²) >= 11 is 1.61. The van der Waals surface area contributed by atoms with Crippen molar-refractivity contribution in [2.24, 2.45) is 0 Å². The summed E-state index contributed by atoms with van der Waals surface area (Å²) in [5.74, 6) is -0.152. The second-order valence-corrected chi connectivity index (χ2v) is 7.44. The van der Waals surface area contributed by atoms with Crippen molar-refractivity contribution in [3.63, 3.8) is 0 Å². The number of morpholine rings is 1. The number of hydrogen-bond acceptors (Lipinski definition) is 7. The minimum atomic E-state index is -0.451. The summed E-state index contributed by atoms with van der Waals surface area (Å²) in [6, 6.07) is 6.05. The Hall–Kier alpha value is -2.62. The van der Waals surface area contributed by atoms with E-state index < -0.39 is 4.92 Å². The Morgan fingerprint density at radius 1 is 1.36 bits per heavy atom. The average Bonchev–Trinajstić information content (AvgIpc) is 3.13. The third kappa shape index (κ3) is 5.69. The highest BCUT2D eigenvalue weighted by Gasteiger charge is 2.14. The molecule has 1 aromatic heterocycles. The van der Waals surface area contributed by atoms with Crippen molar-refractivity contribution in [3.8, 4) is 0 Å². The van der Waals surface area contributed by atoms with Crippen LogP contribution in [-0.4, -0.2) is 59.0 Å². The van der Waals surface area contributed by atoms with Crippen LogP contribution < -0.4 is 0 Å². The van der Waals surface area contributed by atoms with Gasteiger partial charge in [-0.3, -0.25) is 19.8 Å². The molecule has 0 atom stereocenters. The second kappa shape index (κ2) is 9.54. The van der Waals surface area contributed by atoms with Crippen LogP contribution in [0.15, 0.2) is 35.7 Å². The van der Waals surface area contributed by atoms with Gasteiger partial charge in [-0.15, -0.1) is 11.3 Å². The lowest BCUT2D eigenvalue weighted by atomic mass is 10.2. The topological polar surface area (TPSA) is 88.8 Å². The number of aromatic nitrogens is 1. The Balaban J connectivity index is 1.51. The van der Waals surface area contributed by atoms with Gasteiger partial charge in [-0.25, -0.2) is 4.98 Å². The number of carbonyl (C=O) groups excluding carboxylic acids is 1. The molecule has 0 unspecified atom stereocenters. The normalized spacial score (nSPS) is 15.0. The van der Waals surface area contributed by atoms with Gasteiger partial charge in [-0.1, -0.05) is 0 Å². The zero-order chi connectivity index (χ0) is 19.9. The highest BCUT2D eigenvalue weighted by Crippen LogP contribution is 2.15. The molecule has 8 nitrogen and oxygen atoms in total. The van der Waals surface area contributed by atoms with E-state index in [0.717, 1.165) is 49.1 Å². The predicted octanol–water partition coefficient (Wildman–Crippen LogP) is 2.56. The van der Waals surface area contributed by atoms with Gasteiger partial charge in [0.1, 0.15) is 5.01 Å². The number of non-ortho nitro benzene ring substituents is 1. The number of likely N-dealkylation sites (N-methyl/N-ethyl adjacent to an activating group) is 1. The highest BCUT2D eigenvalue weighted by atomic mass is 32.1. The quantitative estimate of drug-likeness (QED) is 0.402. The van der Waals surface area contributed by atoms with Crippen molar-refractivity contribution < 1.29 is 14.5 Å². The molecule has 0 aliphatic carbocycles. The first kappa shape index (κ1) is 20.1. The number of thiazole rings is 1. The molecule has 3 rings (SSSR count). The van der Waals surface area contributed by atoms with E-state index in [2.05, 4.69) is 9.88 Å². The van der Waals surface area contributed by atoms with E-state index in [-0.39, 0.29) is 11.6 Å². The number of nitrogens with zero attached hydrogens (tertiary/aromatic N) is 4. The standard InChI is InChI=1S/C19H22N4O4S/c1-21(19(24)7-4-15-2-5-17(6-3-15)23(25)26)12-16-14-28-18(20-16)13-22-8-10-27-11-9-22/h2-7,14H,8-13H2,1H3/b7-4+. The molecule has 1 aliphatic heterocycles. The molecule has 148 valence electrons. The fourth-order valence-corrected chi connectivity index (χ4v) is 3.59. The van der Waals surface area contributed by atoms with E-state index in [1.54, 1.807) is 41.5 Å². The molecule has 1 fully saturated rings. The molecule has 0 radical (unpaired) electrons. The number of amides is 1. The van der Waals surface area contributed by atoms with Crippen LogP contribution in [0.5, 0.6) is 0 Å². The largest absolute Gasteiger partial charge is 0.379 e. The van der Waals surface area contributed by atoms with Gasteiger partial charge in [0.25, 0.3) is 5.69 Å². The van der Waals surface area contributed by atoms with Crippen molar-refractivity contribution in [2.75, 3.05) is 33.4 Å². The molecule has 0 spiro atoms. The third-order valence-corrected chi connectivity index (χ3v) is 5.24. The lowest BCUT2D eigenvalue weighted by Crippen LogP contribution is -2.35. The summed E-state index contributed by atoms with van der Waals surface area (Å²) in [7, 11) is 1.73. The van der Waals surface area contributed by atoms with Gasteiger partial charge in [-0.05, 0) is 23.8 Å².